The number of piperazine rings is 1. The Balaban J connectivity index is 1.70. The van der Waals surface area contributed by atoms with Crippen LogP contribution in [0.5, 0.6) is 0 Å². The van der Waals surface area contributed by atoms with E-state index in [1.807, 2.05) is 11.8 Å². The van der Waals surface area contributed by atoms with Crippen LogP contribution in [0.1, 0.15) is 64.7 Å². The summed E-state index contributed by atoms with van der Waals surface area (Å²) in [5.74, 6) is 0.178. The van der Waals surface area contributed by atoms with Gasteiger partial charge in [-0.3, -0.25) is 9.59 Å². The minimum absolute atomic E-state index is 0.0223. The Morgan fingerprint density at radius 2 is 2.00 bits per heavy atom. The van der Waals surface area contributed by atoms with E-state index < -0.39 is 5.54 Å². The van der Waals surface area contributed by atoms with Gasteiger partial charge in [0.25, 0.3) is 0 Å². The first-order valence-corrected chi connectivity index (χ1v) is 8.43. The topological polar surface area (TPSA) is 49.4 Å². The van der Waals surface area contributed by atoms with E-state index in [4.69, 9.17) is 0 Å². The zero-order valence-electron chi connectivity index (χ0n) is 13.0. The van der Waals surface area contributed by atoms with Crippen molar-refractivity contribution in [2.75, 3.05) is 6.54 Å². The van der Waals surface area contributed by atoms with Crippen molar-refractivity contribution in [1.29, 1.82) is 0 Å². The Morgan fingerprint density at radius 1 is 1.24 bits per heavy atom. The average molecular weight is 290 g/mol. The van der Waals surface area contributed by atoms with Gasteiger partial charge in [0, 0.05) is 6.54 Å². The average Bonchev–Trinajstić information content (AvgIpc) is 2.96. The maximum absolute atomic E-state index is 12.9. The molecule has 2 fully saturated rings. The van der Waals surface area contributed by atoms with Gasteiger partial charge in [0.1, 0.15) is 11.6 Å². The lowest BCUT2D eigenvalue weighted by molar-refractivity contribution is -0.154. The molecule has 1 saturated heterocycles. The van der Waals surface area contributed by atoms with Gasteiger partial charge in [-0.05, 0) is 51.9 Å². The zero-order chi connectivity index (χ0) is 14.9. The summed E-state index contributed by atoms with van der Waals surface area (Å²) in [6.45, 7) is 2.55. The Kier molecular flexibility index (Phi) is 4.05. The van der Waals surface area contributed by atoms with Crippen molar-refractivity contribution in [3.8, 4) is 0 Å². The fraction of sp³-hybridized carbons (Fsp3) is 0.765. The Morgan fingerprint density at radius 3 is 2.67 bits per heavy atom. The van der Waals surface area contributed by atoms with Gasteiger partial charge in [-0.1, -0.05) is 24.5 Å². The molecule has 1 aliphatic heterocycles. The molecular formula is C17H26N2O2. The van der Waals surface area contributed by atoms with Crippen LogP contribution in [0.4, 0.5) is 0 Å². The van der Waals surface area contributed by atoms with Crippen LogP contribution < -0.4 is 5.32 Å². The fourth-order valence-corrected chi connectivity index (χ4v) is 3.99. The lowest BCUT2D eigenvalue weighted by atomic mass is 9.90. The van der Waals surface area contributed by atoms with Crippen molar-refractivity contribution in [2.24, 2.45) is 0 Å². The van der Waals surface area contributed by atoms with Crippen LogP contribution in [0, 0.1) is 0 Å². The highest BCUT2D eigenvalue weighted by Gasteiger charge is 2.50. The number of nitrogens with zero attached hydrogens (tertiary/aromatic N) is 1. The molecule has 0 aromatic carbocycles. The van der Waals surface area contributed by atoms with E-state index >= 15 is 0 Å². The van der Waals surface area contributed by atoms with Gasteiger partial charge >= 0.3 is 0 Å². The van der Waals surface area contributed by atoms with E-state index in [0.717, 1.165) is 38.5 Å². The maximum Gasteiger partial charge on any atom is 0.249 e. The van der Waals surface area contributed by atoms with E-state index in [2.05, 4.69) is 11.4 Å². The number of carbonyl (C=O) groups is 2. The van der Waals surface area contributed by atoms with Crippen molar-refractivity contribution in [2.45, 2.75) is 76.3 Å². The highest BCUT2D eigenvalue weighted by Crippen LogP contribution is 2.35. The van der Waals surface area contributed by atoms with Crippen molar-refractivity contribution in [3.05, 3.63) is 11.6 Å². The number of allylic oxidation sites excluding steroid dienone is 1. The summed E-state index contributed by atoms with van der Waals surface area (Å²) in [7, 11) is 0. The third-order valence-electron chi connectivity index (χ3n) is 5.40. The molecular weight excluding hydrogens is 264 g/mol. The summed E-state index contributed by atoms with van der Waals surface area (Å²) in [6, 6.07) is -0.326. The second-order valence-electron chi connectivity index (χ2n) is 6.81. The van der Waals surface area contributed by atoms with Crippen molar-refractivity contribution >= 4 is 11.8 Å². The first kappa shape index (κ1) is 14.6. The molecule has 1 spiro atoms. The van der Waals surface area contributed by atoms with E-state index in [-0.39, 0.29) is 17.9 Å². The van der Waals surface area contributed by atoms with Gasteiger partial charge in [0.05, 0.1) is 0 Å². The number of rotatable bonds is 3. The van der Waals surface area contributed by atoms with E-state index in [1.54, 1.807) is 0 Å². The number of carbonyl (C=O) groups excluding carboxylic acids is 2. The lowest BCUT2D eigenvalue weighted by Gasteiger charge is -2.43. The normalized spacial score (nSPS) is 28.7. The SMILES string of the molecule is CC1C(=O)NC2(CCCC2)C(=O)N1CCC1=CCCCC1. The zero-order valence-corrected chi connectivity index (χ0v) is 13.0. The number of hydrogen-bond donors (Lipinski definition) is 1. The molecule has 0 radical (unpaired) electrons. The molecule has 1 saturated carbocycles. The standard InChI is InChI=1S/C17H26N2O2/c1-13-15(20)18-17(10-5-6-11-17)16(21)19(13)12-9-14-7-3-2-4-8-14/h7,13H,2-6,8-12H2,1H3,(H,18,20). The number of nitrogens with one attached hydrogen (secondary N) is 1. The smallest absolute Gasteiger partial charge is 0.249 e. The van der Waals surface area contributed by atoms with Crippen LogP contribution >= 0.6 is 0 Å². The summed E-state index contributed by atoms with van der Waals surface area (Å²) in [5.41, 5.74) is 0.887. The van der Waals surface area contributed by atoms with Crippen molar-refractivity contribution in [3.63, 3.8) is 0 Å². The predicted octanol–water partition coefficient (Wildman–Crippen LogP) is 2.54. The molecule has 0 aromatic rings. The predicted molar refractivity (Wildman–Crippen MR) is 81.7 cm³/mol. The fourth-order valence-electron chi connectivity index (χ4n) is 3.99. The highest BCUT2D eigenvalue weighted by molar-refractivity contribution is 5.99. The molecule has 1 heterocycles. The first-order chi connectivity index (χ1) is 10.1. The molecule has 4 heteroatoms. The molecule has 0 aromatic heterocycles. The van der Waals surface area contributed by atoms with Crippen molar-refractivity contribution in [1.82, 2.24) is 10.2 Å². The molecule has 3 rings (SSSR count). The van der Waals surface area contributed by atoms with Gasteiger partial charge in [-0.15, -0.1) is 0 Å². The minimum atomic E-state index is -0.579. The van der Waals surface area contributed by atoms with E-state index in [1.165, 1.54) is 24.8 Å². The Labute approximate surface area is 127 Å². The third kappa shape index (κ3) is 2.72. The summed E-state index contributed by atoms with van der Waals surface area (Å²) < 4.78 is 0. The van der Waals surface area contributed by atoms with Gasteiger partial charge in [-0.25, -0.2) is 0 Å². The van der Waals surface area contributed by atoms with E-state index in [9.17, 15) is 9.59 Å². The lowest BCUT2D eigenvalue weighted by Crippen LogP contribution is -2.68. The third-order valence-corrected chi connectivity index (χ3v) is 5.40. The van der Waals surface area contributed by atoms with Gasteiger partial charge in [0.15, 0.2) is 0 Å². The maximum atomic E-state index is 12.9. The molecule has 3 aliphatic rings. The second kappa shape index (κ2) is 5.82. The first-order valence-electron chi connectivity index (χ1n) is 8.43. The summed E-state index contributed by atoms with van der Waals surface area (Å²) >= 11 is 0. The van der Waals surface area contributed by atoms with Crippen LogP contribution in [0.15, 0.2) is 11.6 Å². The molecule has 1 unspecified atom stereocenters. The molecule has 4 nitrogen and oxygen atoms in total. The Bertz CT molecular complexity index is 463. The Hall–Kier alpha value is -1.32. The molecule has 1 atom stereocenters. The van der Waals surface area contributed by atoms with Crippen molar-refractivity contribution < 1.29 is 9.59 Å². The van der Waals surface area contributed by atoms with Crippen LogP contribution in [-0.4, -0.2) is 34.8 Å². The van der Waals surface area contributed by atoms with Gasteiger partial charge in [-0.2, -0.15) is 0 Å². The molecule has 21 heavy (non-hydrogen) atoms. The summed E-state index contributed by atoms with van der Waals surface area (Å²) in [5, 5.41) is 3.01. The number of hydrogen-bond acceptors (Lipinski definition) is 2. The van der Waals surface area contributed by atoms with Crippen LogP contribution in [0.3, 0.4) is 0 Å². The second-order valence-corrected chi connectivity index (χ2v) is 6.81. The summed E-state index contributed by atoms with van der Waals surface area (Å²) in [4.78, 5) is 26.9. The van der Waals surface area contributed by atoms with Gasteiger partial charge < -0.3 is 10.2 Å². The minimum Gasteiger partial charge on any atom is -0.340 e. The highest BCUT2D eigenvalue weighted by atomic mass is 16.2. The number of amides is 2. The largest absolute Gasteiger partial charge is 0.340 e. The molecule has 1 N–H and O–H groups in total. The van der Waals surface area contributed by atoms with Gasteiger partial charge in [0.2, 0.25) is 11.8 Å². The van der Waals surface area contributed by atoms with E-state index in [0.29, 0.717) is 6.54 Å². The summed E-state index contributed by atoms with van der Waals surface area (Å²) in [6.07, 6.45) is 11.8. The van der Waals surface area contributed by atoms with Crippen LogP contribution in [0.2, 0.25) is 0 Å². The monoisotopic (exact) mass is 290 g/mol. The van der Waals surface area contributed by atoms with Crippen LogP contribution in [0.25, 0.3) is 0 Å². The molecule has 116 valence electrons. The quantitative estimate of drug-likeness (QED) is 0.812. The molecule has 2 amide bonds. The molecule has 2 aliphatic carbocycles. The molecule has 0 bridgehead atoms. The van der Waals surface area contributed by atoms with Crippen LogP contribution in [-0.2, 0) is 9.59 Å².